The molecule has 2 heterocycles. The second-order valence-corrected chi connectivity index (χ2v) is 10.4. The third-order valence-corrected chi connectivity index (χ3v) is 7.18. The average molecular weight is 619 g/mol. The van der Waals surface area contributed by atoms with Crippen molar-refractivity contribution < 1.29 is 23.4 Å². The van der Waals surface area contributed by atoms with Crippen molar-refractivity contribution >= 4 is 16.7 Å². The highest BCUT2D eigenvalue weighted by atomic mass is 16.5. The molecule has 0 unspecified atom stereocenters. The minimum Gasteiger partial charge on any atom is -0.497 e. The van der Waals surface area contributed by atoms with E-state index in [1.807, 2.05) is 91.1 Å². The Morgan fingerprint density at radius 3 is 2.50 bits per heavy atom. The van der Waals surface area contributed by atoms with Gasteiger partial charge in [0.2, 0.25) is 11.2 Å². The van der Waals surface area contributed by atoms with Crippen LogP contribution in [-0.2, 0) is 24.4 Å². The second kappa shape index (κ2) is 14.9. The standard InChI is InChI=1S/C36H34N4O6/c1-42-31-11-7-8-26(22-31)25-45-36-34(41)32-12-5-6-13-33(32)46-35(36)27-14-16-30(17-15-27)44-21-20-43-19-18-40-24-29(38-39-40)23-37-28-9-3-2-4-10-28/h2-17,22,24,37H,18-21,23,25H2,1H3. The number of hydrogen-bond acceptors (Lipinski definition) is 9. The molecule has 0 amide bonds. The van der Waals surface area contributed by atoms with Crippen molar-refractivity contribution in [1.82, 2.24) is 15.0 Å². The van der Waals surface area contributed by atoms with Crippen molar-refractivity contribution in [1.29, 1.82) is 0 Å². The highest BCUT2D eigenvalue weighted by Crippen LogP contribution is 2.32. The second-order valence-electron chi connectivity index (χ2n) is 10.4. The normalized spacial score (nSPS) is 11.0. The maximum Gasteiger partial charge on any atom is 0.235 e. The summed E-state index contributed by atoms with van der Waals surface area (Å²) in [5, 5.41) is 12.1. The Morgan fingerprint density at radius 2 is 1.65 bits per heavy atom. The minimum absolute atomic E-state index is 0.149. The Balaban J connectivity index is 1.02. The van der Waals surface area contributed by atoms with E-state index in [-0.39, 0.29) is 17.8 Å². The maximum absolute atomic E-state index is 13.5. The molecule has 0 aliphatic rings. The number of anilines is 1. The maximum atomic E-state index is 13.5. The number of hydrogen-bond donors (Lipinski definition) is 1. The summed E-state index contributed by atoms with van der Waals surface area (Å²) in [4.78, 5) is 13.5. The Hall–Kier alpha value is -5.61. The quantitative estimate of drug-likeness (QED) is 0.132. The molecule has 10 heteroatoms. The fourth-order valence-electron chi connectivity index (χ4n) is 4.82. The molecule has 4 aromatic carbocycles. The van der Waals surface area contributed by atoms with E-state index in [9.17, 15) is 4.79 Å². The first kappa shape index (κ1) is 30.4. The highest BCUT2D eigenvalue weighted by Gasteiger charge is 2.18. The van der Waals surface area contributed by atoms with E-state index in [0.29, 0.717) is 66.7 Å². The van der Waals surface area contributed by atoms with Gasteiger partial charge in [0.15, 0.2) is 5.76 Å². The van der Waals surface area contributed by atoms with Crippen molar-refractivity contribution in [2.24, 2.45) is 0 Å². The van der Waals surface area contributed by atoms with Crippen LogP contribution in [0.25, 0.3) is 22.3 Å². The molecule has 0 saturated heterocycles. The number of fused-ring (bicyclic) bond motifs is 1. The number of ether oxygens (including phenoxy) is 4. The molecule has 0 radical (unpaired) electrons. The molecule has 0 aliphatic heterocycles. The molecular formula is C36H34N4O6. The van der Waals surface area contributed by atoms with Crippen LogP contribution in [0.1, 0.15) is 11.3 Å². The summed E-state index contributed by atoms with van der Waals surface area (Å²) >= 11 is 0. The van der Waals surface area contributed by atoms with E-state index < -0.39 is 0 Å². The molecule has 0 spiro atoms. The van der Waals surface area contributed by atoms with E-state index in [1.165, 1.54) is 0 Å². The third-order valence-electron chi connectivity index (χ3n) is 7.18. The van der Waals surface area contributed by atoms with Gasteiger partial charge in [0.05, 0.1) is 45.0 Å². The van der Waals surface area contributed by atoms with Gasteiger partial charge in [-0.05, 0) is 66.2 Å². The highest BCUT2D eigenvalue weighted by molar-refractivity contribution is 5.82. The van der Waals surface area contributed by atoms with E-state index in [0.717, 1.165) is 16.9 Å². The van der Waals surface area contributed by atoms with Gasteiger partial charge in [-0.1, -0.05) is 47.7 Å². The third kappa shape index (κ3) is 7.72. The Labute approximate surface area is 266 Å². The molecular weight excluding hydrogens is 584 g/mol. The van der Waals surface area contributed by atoms with Crippen molar-refractivity contribution in [3.8, 4) is 28.6 Å². The monoisotopic (exact) mass is 618 g/mol. The summed E-state index contributed by atoms with van der Waals surface area (Å²) in [6, 6.07) is 32.0. The molecule has 1 N–H and O–H groups in total. The minimum atomic E-state index is -0.233. The van der Waals surface area contributed by atoms with Gasteiger partial charge in [-0.2, -0.15) is 0 Å². The van der Waals surface area contributed by atoms with Crippen LogP contribution in [0.15, 0.2) is 119 Å². The van der Waals surface area contributed by atoms with Crippen molar-refractivity contribution in [2.45, 2.75) is 19.7 Å². The largest absolute Gasteiger partial charge is 0.497 e. The Bertz CT molecular complexity index is 1920. The fourth-order valence-corrected chi connectivity index (χ4v) is 4.82. The van der Waals surface area contributed by atoms with E-state index >= 15 is 0 Å². The topological polar surface area (TPSA) is 110 Å². The number of nitrogens with one attached hydrogen (secondary N) is 1. The number of aromatic nitrogens is 3. The number of methoxy groups -OCH3 is 1. The van der Waals surface area contributed by atoms with Crippen LogP contribution in [0.3, 0.4) is 0 Å². The van der Waals surface area contributed by atoms with Gasteiger partial charge >= 0.3 is 0 Å². The molecule has 2 aromatic heterocycles. The van der Waals surface area contributed by atoms with Crippen molar-refractivity contribution in [3.05, 3.63) is 131 Å². The van der Waals surface area contributed by atoms with Gasteiger partial charge < -0.3 is 28.7 Å². The van der Waals surface area contributed by atoms with Crippen LogP contribution < -0.4 is 25.0 Å². The van der Waals surface area contributed by atoms with E-state index in [1.54, 1.807) is 30.0 Å². The average Bonchev–Trinajstić information content (AvgIpc) is 3.57. The van der Waals surface area contributed by atoms with Gasteiger partial charge in [0, 0.05) is 11.3 Å². The zero-order valence-electron chi connectivity index (χ0n) is 25.4. The van der Waals surface area contributed by atoms with Gasteiger partial charge in [-0.15, -0.1) is 5.10 Å². The summed E-state index contributed by atoms with van der Waals surface area (Å²) in [7, 11) is 1.61. The summed E-state index contributed by atoms with van der Waals surface area (Å²) in [5.41, 5.74) is 3.70. The predicted octanol–water partition coefficient (Wildman–Crippen LogP) is 6.35. The molecule has 0 aliphatic carbocycles. The Kier molecular flexibility index (Phi) is 9.86. The van der Waals surface area contributed by atoms with Gasteiger partial charge in [0.1, 0.15) is 36.0 Å². The van der Waals surface area contributed by atoms with Crippen molar-refractivity contribution in [2.75, 3.05) is 32.2 Å². The lowest BCUT2D eigenvalue weighted by molar-refractivity contribution is 0.0923. The van der Waals surface area contributed by atoms with Crippen LogP contribution in [0.4, 0.5) is 5.69 Å². The lowest BCUT2D eigenvalue weighted by Gasteiger charge is -2.13. The molecule has 6 aromatic rings. The first-order chi connectivity index (χ1) is 22.7. The van der Waals surface area contributed by atoms with E-state index in [4.69, 9.17) is 23.4 Å². The van der Waals surface area contributed by atoms with Crippen LogP contribution >= 0.6 is 0 Å². The van der Waals surface area contributed by atoms with Gasteiger partial charge in [-0.25, -0.2) is 4.68 Å². The Morgan fingerprint density at radius 1 is 0.826 bits per heavy atom. The van der Waals surface area contributed by atoms with Crippen LogP contribution in [0.2, 0.25) is 0 Å². The van der Waals surface area contributed by atoms with Crippen molar-refractivity contribution in [3.63, 3.8) is 0 Å². The number of rotatable bonds is 15. The SMILES string of the molecule is COc1cccc(COc2c(-c3ccc(OCCOCCn4cc(CNc5ccccc5)nn4)cc3)oc3ccccc3c2=O)c1. The van der Waals surface area contributed by atoms with Gasteiger partial charge in [0.25, 0.3) is 0 Å². The molecule has 10 nitrogen and oxygen atoms in total. The van der Waals surface area contributed by atoms with Crippen LogP contribution in [0, 0.1) is 0 Å². The summed E-state index contributed by atoms with van der Waals surface area (Å²) in [5.74, 6) is 1.88. The lowest BCUT2D eigenvalue weighted by Crippen LogP contribution is -2.12. The zero-order valence-corrected chi connectivity index (χ0v) is 25.4. The number of para-hydroxylation sites is 2. The summed E-state index contributed by atoms with van der Waals surface area (Å²) < 4.78 is 31.0. The molecule has 234 valence electrons. The molecule has 0 fully saturated rings. The predicted molar refractivity (Wildman–Crippen MR) is 175 cm³/mol. The number of nitrogens with zero attached hydrogens (tertiary/aromatic N) is 3. The molecule has 0 atom stereocenters. The van der Waals surface area contributed by atoms with Crippen LogP contribution in [0.5, 0.6) is 17.2 Å². The molecule has 0 saturated carbocycles. The smallest absolute Gasteiger partial charge is 0.235 e. The van der Waals surface area contributed by atoms with E-state index in [2.05, 4.69) is 15.6 Å². The number of benzene rings is 4. The summed E-state index contributed by atoms with van der Waals surface area (Å²) in [6.07, 6.45) is 1.91. The molecule has 46 heavy (non-hydrogen) atoms. The molecule has 0 bridgehead atoms. The van der Waals surface area contributed by atoms with Gasteiger partial charge in [-0.3, -0.25) is 4.79 Å². The zero-order chi connectivity index (χ0) is 31.6. The fraction of sp³-hybridized carbons (Fsp3) is 0.194. The lowest BCUT2D eigenvalue weighted by atomic mass is 10.1. The first-order valence-corrected chi connectivity index (χ1v) is 15.0. The molecule has 6 rings (SSSR count). The first-order valence-electron chi connectivity index (χ1n) is 15.0. The summed E-state index contributed by atoms with van der Waals surface area (Å²) in [6.45, 7) is 2.65. The van der Waals surface area contributed by atoms with Crippen LogP contribution in [-0.4, -0.2) is 41.9 Å².